The van der Waals surface area contributed by atoms with Crippen LogP contribution >= 0.6 is 0 Å². The second-order valence-electron chi connectivity index (χ2n) is 4.90. The van der Waals surface area contributed by atoms with Gasteiger partial charge in [-0.25, -0.2) is 4.79 Å². The summed E-state index contributed by atoms with van der Waals surface area (Å²) in [6.07, 6.45) is 0. The van der Waals surface area contributed by atoms with Crippen molar-refractivity contribution >= 4 is 16.9 Å². The summed E-state index contributed by atoms with van der Waals surface area (Å²) >= 11 is 0. The van der Waals surface area contributed by atoms with Crippen LogP contribution in [0.25, 0.3) is 10.9 Å². The maximum Gasteiger partial charge on any atom is 0.338 e. The van der Waals surface area contributed by atoms with Crippen LogP contribution in [0, 0.1) is 0 Å². The molecule has 0 radical (unpaired) electrons. The highest BCUT2D eigenvalue weighted by molar-refractivity contribution is 6.05. The lowest BCUT2D eigenvalue weighted by Crippen LogP contribution is -2.30. The number of carboxylic acid groups (broad SMARTS) is 1. The Morgan fingerprint density at radius 1 is 1.37 bits per heavy atom. The minimum atomic E-state index is -0.862. The number of aromatic carboxylic acids is 1. The molecule has 1 aliphatic rings. The largest absolute Gasteiger partial charge is 0.497 e. The van der Waals surface area contributed by atoms with E-state index in [1.807, 2.05) is 25.2 Å². The Kier molecular flexibility index (Phi) is 2.71. The number of fused-ring (bicyclic) bond motifs is 3. The molecule has 2 aromatic rings. The summed E-state index contributed by atoms with van der Waals surface area (Å²) in [5.74, 6) is -0.108. The van der Waals surface area contributed by atoms with Crippen molar-refractivity contribution in [1.82, 2.24) is 9.47 Å². The number of nitrogens with zero attached hydrogens (tertiary/aromatic N) is 2. The quantitative estimate of drug-likeness (QED) is 0.894. The van der Waals surface area contributed by atoms with E-state index in [-0.39, 0.29) is 0 Å². The predicted octanol–water partition coefficient (Wildman–Crippen LogP) is 1.79. The zero-order chi connectivity index (χ0) is 13.6. The first-order valence-corrected chi connectivity index (χ1v) is 6.22. The molecule has 19 heavy (non-hydrogen) atoms. The number of aromatic nitrogens is 1. The molecule has 0 spiro atoms. The first-order chi connectivity index (χ1) is 9.11. The average molecular weight is 260 g/mol. The number of likely N-dealkylation sites (N-methyl/N-ethyl adjacent to an activating group) is 1. The molecule has 1 N–H and O–H groups in total. The van der Waals surface area contributed by atoms with E-state index in [4.69, 9.17) is 4.74 Å². The van der Waals surface area contributed by atoms with Crippen LogP contribution in [0.4, 0.5) is 0 Å². The summed E-state index contributed by atoms with van der Waals surface area (Å²) in [7, 11) is 3.63. The van der Waals surface area contributed by atoms with Gasteiger partial charge in [-0.2, -0.15) is 0 Å². The number of ether oxygens (including phenoxy) is 1. The smallest absolute Gasteiger partial charge is 0.338 e. The monoisotopic (exact) mass is 260 g/mol. The fourth-order valence-electron chi connectivity index (χ4n) is 2.77. The molecule has 0 amide bonds. The van der Waals surface area contributed by atoms with Crippen LogP contribution in [0.3, 0.4) is 0 Å². The van der Waals surface area contributed by atoms with Gasteiger partial charge < -0.3 is 14.4 Å². The van der Waals surface area contributed by atoms with Crippen molar-refractivity contribution in [2.75, 3.05) is 20.7 Å². The van der Waals surface area contributed by atoms with Crippen LogP contribution in [0.2, 0.25) is 0 Å². The second kappa shape index (κ2) is 4.28. The number of carboxylic acids is 1. The van der Waals surface area contributed by atoms with Gasteiger partial charge in [0.15, 0.2) is 0 Å². The standard InChI is InChI=1S/C14H16N2O3/c1-15-5-6-16-11-7-9(19-2)3-4-10(11)13(14(17)18)12(16)8-15/h3-4,7H,5-6,8H2,1-2H3,(H,17,18). The fraction of sp³-hybridized carbons (Fsp3) is 0.357. The van der Waals surface area contributed by atoms with Gasteiger partial charge >= 0.3 is 5.97 Å². The lowest BCUT2D eigenvalue weighted by molar-refractivity contribution is 0.0695. The highest BCUT2D eigenvalue weighted by Gasteiger charge is 2.25. The minimum absolute atomic E-state index is 0.421. The summed E-state index contributed by atoms with van der Waals surface area (Å²) < 4.78 is 7.33. The number of hydrogen-bond donors (Lipinski definition) is 1. The van der Waals surface area contributed by atoms with Crippen molar-refractivity contribution in [2.45, 2.75) is 13.1 Å². The molecule has 0 bridgehead atoms. The fourth-order valence-corrected chi connectivity index (χ4v) is 2.77. The number of carbonyl (C=O) groups is 1. The normalized spacial score (nSPS) is 15.5. The lowest BCUT2D eigenvalue weighted by atomic mass is 10.1. The Bertz CT molecular complexity index is 660. The number of methoxy groups -OCH3 is 1. The second-order valence-corrected chi connectivity index (χ2v) is 4.90. The van der Waals surface area contributed by atoms with Crippen molar-refractivity contribution in [3.63, 3.8) is 0 Å². The Morgan fingerprint density at radius 3 is 2.84 bits per heavy atom. The molecule has 0 saturated heterocycles. The third-order valence-electron chi connectivity index (χ3n) is 3.72. The summed E-state index contributed by atoms with van der Waals surface area (Å²) in [5.41, 5.74) is 2.24. The van der Waals surface area contributed by atoms with Crippen LogP contribution in [-0.2, 0) is 13.1 Å². The van der Waals surface area contributed by atoms with Crippen molar-refractivity contribution in [2.24, 2.45) is 0 Å². The first kappa shape index (κ1) is 12.0. The number of rotatable bonds is 2. The van der Waals surface area contributed by atoms with Gasteiger partial charge in [-0.15, -0.1) is 0 Å². The van der Waals surface area contributed by atoms with Gasteiger partial charge in [0.1, 0.15) is 5.75 Å². The van der Waals surface area contributed by atoms with E-state index in [1.54, 1.807) is 7.11 Å². The third kappa shape index (κ3) is 1.77. The van der Waals surface area contributed by atoms with E-state index in [2.05, 4.69) is 9.47 Å². The molecule has 0 atom stereocenters. The molecule has 1 aromatic heterocycles. The van der Waals surface area contributed by atoms with Gasteiger partial charge in [-0.3, -0.25) is 4.90 Å². The van der Waals surface area contributed by atoms with Crippen LogP contribution in [0.1, 0.15) is 16.1 Å². The summed E-state index contributed by atoms with van der Waals surface area (Å²) in [5, 5.41) is 10.3. The lowest BCUT2D eigenvalue weighted by Gasteiger charge is -2.25. The van der Waals surface area contributed by atoms with E-state index in [1.165, 1.54) is 0 Å². The highest BCUT2D eigenvalue weighted by atomic mass is 16.5. The predicted molar refractivity (Wildman–Crippen MR) is 71.8 cm³/mol. The van der Waals surface area contributed by atoms with Gasteiger partial charge in [-0.05, 0) is 19.2 Å². The van der Waals surface area contributed by atoms with Gasteiger partial charge in [0.25, 0.3) is 0 Å². The molecule has 100 valence electrons. The molecule has 5 nitrogen and oxygen atoms in total. The van der Waals surface area contributed by atoms with Gasteiger partial charge in [0.05, 0.1) is 18.2 Å². The molecule has 0 saturated carbocycles. The van der Waals surface area contributed by atoms with Crippen LogP contribution in [-0.4, -0.2) is 41.2 Å². The summed E-state index contributed by atoms with van der Waals surface area (Å²) in [6.45, 7) is 2.40. The molecule has 2 heterocycles. The molecule has 0 aliphatic carbocycles. The van der Waals surface area contributed by atoms with E-state index < -0.39 is 5.97 Å². The van der Waals surface area contributed by atoms with Crippen LogP contribution < -0.4 is 4.74 Å². The van der Waals surface area contributed by atoms with Crippen molar-refractivity contribution in [3.05, 3.63) is 29.5 Å². The van der Waals surface area contributed by atoms with E-state index in [9.17, 15) is 9.90 Å². The summed E-state index contributed by atoms with van der Waals surface area (Å²) in [6, 6.07) is 5.56. The topological polar surface area (TPSA) is 54.7 Å². The van der Waals surface area contributed by atoms with E-state index in [0.717, 1.165) is 35.4 Å². The van der Waals surface area contributed by atoms with Crippen molar-refractivity contribution < 1.29 is 14.6 Å². The van der Waals surface area contributed by atoms with E-state index >= 15 is 0 Å². The molecular formula is C14H16N2O3. The minimum Gasteiger partial charge on any atom is -0.497 e. The molecule has 0 fully saturated rings. The Labute approximate surface area is 111 Å². The zero-order valence-corrected chi connectivity index (χ0v) is 11.0. The zero-order valence-electron chi connectivity index (χ0n) is 11.0. The maximum atomic E-state index is 11.5. The van der Waals surface area contributed by atoms with Gasteiger partial charge in [0.2, 0.25) is 0 Å². The van der Waals surface area contributed by atoms with Crippen molar-refractivity contribution in [3.8, 4) is 5.75 Å². The first-order valence-electron chi connectivity index (χ1n) is 6.22. The van der Waals surface area contributed by atoms with Crippen LogP contribution in [0.15, 0.2) is 18.2 Å². The molecule has 3 rings (SSSR count). The Hall–Kier alpha value is -2.01. The third-order valence-corrected chi connectivity index (χ3v) is 3.72. The number of benzene rings is 1. The molecular weight excluding hydrogens is 244 g/mol. The highest BCUT2D eigenvalue weighted by Crippen LogP contribution is 2.31. The Balaban J connectivity index is 2.32. The maximum absolute atomic E-state index is 11.5. The SMILES string of the molecule is COc1ccc2c(C(=O)O)c3n(c2c1)CCN(C)C3. The van der Waals surface area contributed by atoms with E-state index in [0.29, 0.717) is 12.1 Å². The molecule has 5 heteroatoms. The van der Waals surface area contributed by atoms with Crippen molar-refractivity contribution in [1.29, 1.82) is 0 Å². The average Bonchev–Trinajstić information content (AvgIpc) is 2.70. The molecule has 1 aromatic carbocycles. The van der Waals surface area contributed by atoms with Gasteiger partial charge in [-0.1, -0.05) is 0 Å². The summed E-state index contributed by atoms with van der Waals surface area (Å²) in [4.78, 5) is 13.7. The number of hydrogen-bond acceptors (Lipinski definition) is 3. The molecule has 1 aliphatic heterocycles. The van der Waals surface area contributed by atoms with Gasteiger partial charge in [0, 0.05) is 36.8 Å². The Morgan fingerprint density at radius 2 is 2.16 bits per heavy atom. The molecule has 0 unspecified atom stereocenters. The van der Waals surface area contributed by atoms with Crippen LogP contribution in [0.5, 0.6) is 5.75 Å².